The zero-order valence-corrected chi connectivity index (χ0v) is 19.9. The van der Waals surface area contributed by atoms with Gasteiger partial charge in [-0.2, -0.15) is 4.98 Å². The Kier molecular flexibility index (Phi) is 7.37. The molecule has 174 valence electrons. The second kappa shape index (κ2) is 10.6. The zero-order valence-electron chi connectivity index (χ0n) is 19.9. The lowest BCUT2D eigenvalue weighted by molar-refractivity contribution is -0.118. The molecule has 0 atom stereocenters. The van der Waals surface area contributed by atoms with Gasteiger partial charge in [0, 0.05) is 37.6 Å². The number of nitrogens with zero attached hydrogens (tertiary/aromatic N) is 5. The summed E-state index contributed by atoms with van der Waals surface area (Å²) in [4.78, 5) is 30.9. The van der Waals surface area contributed by atoms with E-state index in [0.29, 0.717) is 18.4 Å². The van der Waals surface area contributed by atoms with Crippen LogP contribution in [0.1, 0.15) is 58.8 Å². The summed E-state index contributed by atoms with van der Waals surface area (Å²) in [5.74, 6) is 1.45. The Hall–Kier alpha value is -3.22. The first-order chi connectivity index (χ1) is 16.1. The Labute approximate surface area is 196 Å². The van der Waals surface area contributed by atoms with Crippen LogP contribution < -0.4 is 15.1 Å². The fraction of sp³-hybridized carbons (Fsp3) is 0.462. The summed E-state index contributed by atoms with van der Waals surface area (Å²) < 4.78 is 0. The maximum absolute atomic E-state index is 12.8. The summed E-state index contributed by atoms with van der Waals surface area (Å²) in [7, 11) is 1.84. The minimum absolute atomic E-state index is 0.102. The van der Waals surface area contributed by atoms with Crippen LogP contribution in [0, 0.1) is 0 Å². The van der Waals surface area contributed by atoms with E-state index in [9.17, 15) is 4.79 Å². The van der Waals surface area contributed by atoms with Gasteiger partial charge in [0.2, 0.25) is 11.9 Å². The predicted molar refractivity (Wildman–Crippen MR) is 135 cm³/mol. The van der Waals surface area contributed by atoms with Crippen LogP contribution in [0.2, 0.25) is 0 Å². The average Bonchev–Trinajstić information content (AvgIpc) is 3.37. The van der Waals surface area contributed by atoms with Gasteiger partial charge in [-0.25, -0.2) is 4.98 Å². The number of fused-ring (bicyclic) bond motifs is 1. The van der Waals surface area contributed by atoms with Gasteiger partial charge in [0.05, 0.1) is 17.4 Å². The van der Waals surface area contributed by atoms with Gasteiger partial charge < -0.3 is 15.1 Å². The van der Waals surface area contributed by atoms with Gasteiger partial charge in [0.1, 0.15) is 5.69 Å². The summed E-state index contributed by atoms with van der Waals surface area (Å²) in [5.41, 5.74) is 2.60. The molecule has 7 heteroatoms. The molecule has 2 aromatic heterocycles. The monoisotopic (exact) mass is 446 g/mol. The molecule has 0 spiro atoms. The van der Waals surface area contributed by atoms with Crippen molar-refractivity contribution in [3.8, 4) is 0 Å². The summed E-state index contributed by atoms with van der Waals surface area (Å²) in [6.45, 7) is 5.10. The Morgan fingerprint density at radius 2 is 1.94 bits per heavy atom. The third-order valence-electron chi connectivity index (χ3n) is 6.50. The molecule has 1 N–H and O–H groups in total. The minimum Gasteiger partial charge on any atom is -0.352 e. The van der Waals surface area contributed by atoms with Crippen LogP contribution in [-0.2, 0) is 4.79 Å². The van der Waals surface area contributed by atoms with Gasteiger partial charge in [-0.05, 0) is 50.5 Å². The molecule has 1 aliphatic rings. The molecule has 7 nitrogen and oxygen atoms in total. The lowest BCUT2D eigenvalue weighted by Crippen LogP contribution is -2.36. The van der Waals surface area contributed by atoms with Crippen molar-refractivity contribution in [1.29, 1.82) is 0 Å². The highest BCUT2D eigenvalue weighted by Crippen LogP contribution is 2.34. The smallest absolute Gasteiger partial charge is 0.229 e. The number of pyridine rings is 1. The molecule has 1 saturated carbocycles. The average molecular weight is 447 g/mol. The van der Waals surface area contributed by atoms with E-state index in [1.807, 2.05) is 37.4 Å². The van der Waals surface area contributed by atoms with Gasteiger partial charge in [-0.3, -0.25) is 9.78 Å². The van der Waals surface area contributed by atoms with Crippen molar-refractivity contribution in [2.75, 3.05) is 28.7 Å². The number of carbonyl (C=O) groups excluding carboxylic acids is 1. The highest BCUT2D eigenvalue weighted by atomic mass is 16.2. The lowest BCUT2D eigenvalue weighted by Gasteiger charge is -2.32. The third-order valence-corrected chi connectivity index (χ3v) is 6.50. The summed E-state index contributed by atoms with van der Waals surface area (Å²) >= 11 is 0. The van der Waals surface area contributed by atoms with Crippen LogP contribution in [0.15, 0.2) is 42.7 Å². The van der Waals surface area contributed by atoms with Crippen molar-refractivity contribution < 1.29 is 4.79 Å². The van der Waals surface area contributed by atoms with E-state index in [4.69, 9.17) is 4.98 Å². The topological polar surface area (TPSA) is 74.2 Å². The molecule has 0 saturated heterocycles. The van der Waals surface area contributed by atoms with Crippen molar-refractivity contribution in [2.24, 2.45) is 0 Å². The van der Waals surface area contributed by atoms with E-state index in [2.05, 4.69) is 34.0 Å². The molecule has 3 aromatic rings. The second-order valence-corrected chi connectivity index (χ2v) is 8.68. The van der Waals surface area contributed by atoms with Crippen molar-refractivity contribution in [3.05, 3.63) is 42.7 Å². The van der Waals surface area contributed by atoms with Crippen LogP contribution >= 0.6 is 0 Å². The fourth-order valence-corrected chi connectivity index (χ4v) is 4.63. The molecule has 0 aliphatic heterocycles. The number of anilines is 4. The van der Waals surface area contributed by atoms with Gasteiger partial charge in [-0.15, -0.1) is 0 Å². The number of nitrogens with one attached hydrogen (secondary N) is 1. The molecule has 1 aliphatic carbocycles. The highest BCUT2D eigenvalue weighted by Gasteiger charge is 2.27. The van der Waals surface area contributed by atoms with Crippen molar-refractivity contribution in [1.82, 2.24) is 15.0 Å². The normalized spacial score (nSPS) is 13.9. The zero-order chi connectivity index (χ0) is 23.2. The third kappa shape index (κ3) is 5.07. The van der Waals surface area contributed by atoms with Crippen LogP contribution in [0.4, 0.5) is 23.1 Å². The number of unbranched alkanes of at least 4 members (excludes halogenated alkanes) is 1. The number of hydrogen-bond acceptors (Lipinski definition) is 6. The van der Waals surface area contributed by atoms with Gasteiger partial charge in [0.25, 0.3) is 0 Å². The molecular weight excluding hydrogens is 412 g/mol. The number of hydrogen-bond donors (Lipinski definition) is 1. The first kappa shape index (κ1) is 23.0. The molecule has 33 heavy (non-hydrogen) atoms. The van der Waals surface area contributed by atoms with E-state index in [1.165, 1.54) is 12.8 Å². The van der Waals surface area contributed by atoms with Gasteiger partial charge in [-0.1, -0.05) is 32.3 Å². The van der Waals surface area contributed by atoms with Crippen molar-refractivity contribution in [2.45, 2.75) is 64.8 Å². The number of carbonyl (C=O) groups is 1. The number of amides is 1. The van der Waals surface area contributed by atoms with Crippen molar-refractivity contribution in [3.63, 3.8) is 0 Å². The van der Waals surface area contributed by atoms with E-state index in [0.717, 1.165) is 60.3 Å². The van der Waals surface area contributed by atoms with E-state index in [-0.39, 0.29) is 5.91 Å². The van der Waals surface area contributed by atoms with Crippen LogP contribution in [-0.4, -0.2) is 40.5 Å². The van der Waals surface area contributed by atoms with Crippen molar-refractivity contribution >= 4 is 40.0 Å². The predicted octanol–water partition coefficient (Wildman–Crippen LogP) is 5.69. The minimum atomic E-state index is 0.102. The first-order valence-electron chi connectivity index (χ1n) is 12.1. The summed E-state index contributed by atoms with van der Waals surface area (Å²) in [5, 5.41) is 4.41. The summed E-state index contributed by atoms with van der Waals surface area (Å²) in [6.07, 6.45) is 10.8. The molecular formula is C26H34N6O. The Morgan fingerprint density at radius 1 is 1.12 bits per heavy atom. The molecule has 0 bridgehead atoms. The largest absolute Gasteiger partial charge is 0.352 e. The van der Waals surface area contributed by atoms with Crippen LogP contribution in [0.5, 0.6) is 0 Å². The standard InChI is InChI=1S/C26H34N6O/c1-4-6-16-24(33)31(3)23-18-28-26(30-25(23)32(5-2)19-11-7-8-12-19)29-22-15-9-14-21-20(22)13-10-17-27-21/h9-10,13-15,17-19H,4-8,11-12,16H2,1-3H3,(H,28,29,30). The second-order valence-electron chi connectivity index (χ2n) is 8.68. The van der Waals surface area contributed by atoms with Crippen LogP contribution in [0.3, 0.4) is 0 Å². The molecule has 1 fully saturated rings. The fourth-order valence-electron chi connectivity index (χ4n) is 4.63. The van der Waals surface area contributed by atoms with Crippen LogP contribution in [0.25, 0.3) is 10.9 Å². The number of benzene rings is 1. The van der Waals surface area contributed by atoms with E-state index >= 15 is 0 Å². The first-order valence-corrected chi connectivity index (χ1v) is 12.1. The van der Waals surface area contributed by atoms with Gasteiger partial charge in [0.15, 0.2) is 5.82 Å². The SMILES string of the molecule is CCCCC(=O)N(C)c1cnc(Nc2cccc3ncccc23)nc1N(CC)C1CCCC1. The molecule has 0 radical (unpaired) electrons. The highest BCUT2D eigenvalue weighted by molar-refractivity contribution is 5.96. The van der Waals surface area contributed by atoms with Gasteiger partial charge >= 0.3 is 0 Å². The molecule has 1 aromatic carbocycles. The molecule has 1 amide bonds. The number of aromatic nitrogens is 3. The Morgan fingerprint density at radius 3 is 2.70 bits per heavy atom. The maximum Gasteiger partial charge on any atom is 0.229 e. The Balaban J connectivity index is 1.71. The van der Waals surface area contributed by atoms with E-state index in [1.54, 1.807) is 17.3 Å². The Bertz CT molecular complexity index is 1090. The number of rotatable bonds is 9. The quantitative estimate of drug-likeness (QED) is 0.455. The maximum atomic E-state index is 12.8. The van der Waals surface area contributed by atoms with E-state index < -0.39 is 0 Å². The summed E-state index contributed by atoms with van der Waals surface area (Å²) in [6, 6.07) is 10.4. The molecule has 0 unspecified atom stereocenters. The molecule has 2 heterocycles. The lowest BCUT2D eigenvalue weighted by atomic mass is 10.2. The molecule has 4 rings (SSSR count).